The van der Waals surface area contributed by atoms with Gasteiger partial charge >= 0.3 is 0 Å². The Labute approximate surface area is 122 Å². The fraction of sp³-hybridized carbons (Fsp3) is 0.611. The van der Waals surface area contributed by atoms with Crippen molar-refractivity contribution in [2.45, 2.75) is 45.4 Å². The van der Waals surface area contributed by atoms with Crippen LogP contribution in [0.4, 0.5) is 0 Å². The average molecular weight is 271 g/mol. The van der Waals surface area contributed by atoms with Crippen LogP contribution in [0.5, 0.6) is 0 Å². The Morgan fingerprint density at radius 2 is 2.00 bits per heavy atom. The highest BCUT2D eigenvalue weighted by Gasteiger charge is 2.52. The van der Waals surface area contributed by atoms with E-state index < -0.39 is 0 Å². The van der Waals surface area contributed by atoms with E-state index in [1.807, 2.05) is 0 Å². The van der Waals surface area contributed by atoms with Crippen molar-refractivity contribution in [1.82, 2.24) is 4.90 Å². The van der Waals surface area contributed by atoms with Gasteiger partial charge in [0.2, 0.25) is 5.91 Å². The molecular weight excluding hydrogens is 246 g/mol. The molecule has 1 aromatic carbocycles. The van der Waals surface area contributed by atoms with Crippen LogP contribution in [0.15, 0.2) is 30.3 Å². The number of benzene rings is 1. The van der Waals surface area contributed by atoms with Gasteiger partial charge in [-0.3, -0.25) is 4.79 Å². The lowest BCUT2D eigenvalue weighted by molar-refractivity contribution is -0.133. The molecule has 2 atom stereocenters. The SMILES string of the molecule is CCCN(CC1(C)CC1c1ccccc1)C(=O)C1CC1. The Hall–Kier alpha value is -1.31. The lowest BCUT2D eigenvalue weighted by Gasteiger charge is -2.26. The van der Waals surface area contributed by atoms with Gasteiger partial charge in [0.25, 0.3) is 0 Å². The van der Waals surface area contributed by atoms with Crippen LogP contribution in [0.1, 0.15) is 51.0 Å². The van der Waals surface area contributed by atoms with E-state index in [9.17, 15) is 4.79 Å². The summed E-state index contributed by atoms with van der Waals surface area (Å²) in [4.78, 5) is 14.5. The lowest BCUT2D eigenvalue weighted by atomic mass is 10.00. The second-order valence-corrected chi connectivity index (χ2v) is 6.86. The molecule has 0 aliphatic heterocycles. The minimum absolute atomic E-state index is 0.293. The molecule has 20 heavy (non-hydrogen) atoms. The largest absolute Gasteiger partial charge is 0.342 e. The second kappa shape index (κ2) is 5.23. The molecule has 2 unspecified atom stereocenters. The smallest absolute Gasteiger partial charge is 0.225 e. The Bertz CT molecular complexity index is 479. The Kier molecular flexibility index (Phi) is 3.57. The van der Waals surface area contributed by atoms with Gasteiger partial charge in [-0.25, -0.2) is 0 Å². The Morgan fingerprint density at radius 1 is 1.30 bits per heavy atom. The maximum Gasteiger partial charge on any atom is 0.225 e. The highest BCUT2D eigenvalue weighted by molar-refractivity contribution is 5.81. The molecule has 1 aromatic rings. The summed E-state index contributed by atoms with van der Waals surface area (Å²) in [5.41, 5.74) is 1.73. The molecule has 2 fully saturated rings. The quantitative estimate of drug-likeness (QED) is 0.770. The van der Waals surface area contributed by atoms with Gasteiger partial charge in [0, 0.05) is 19.0 Å². The van der Waals surface area contributed by atoms with Gasteiger partial charge in [0.15, 0.2) is 0 Å². The number of rotatable bonds is 6. The minimum Gasteiger partial charge on any atom is -0.342 e. The van der Waals surface area contributed by atoms with Crippen molar-refractivity contribution in [1.29, 1.82) is 0 Å². The maximum atomic E-state index is 12.4. The van der Waals surface area contributed by atoms with Crippen molar-refractivity contribution in [3.8, 4) is 0 Å². The number of carbonyl (C=O) groups excluding carboxylic acids is 1. The van der Waals surface area contributed by atoms with Crippen molar-refractivity contribution in [3.05, 3.63) is 35.9 Å². The van der Waals surface area contributed by atoms with Crippen LogP contribution in [0, 0.1) is 11.3 Å². The second-order valence-electron chi connectivity index (χ2n) is 6.86. The summed E-state index contributed by atoms with van der Waals surface area (Å²) >= 11 is 0. The number of hydrogen-bond acceptors (Lipinski definition) is 1. The molecule has 0 heterocycles. The van der Waals surface area contributed by atoms with Gasteiger partial charge in [-0.15, -0.1) is 0 Å². The van der Waals surface area contributed by atoms with Crippen molar-refractivity contribution in [2.24, 2.45) is 11.3 Å². The van der Waals surface area contributed by atoms with Crippen molar-refractivity contribution >= 4 is 5.91 Å². The topological polar surface area (TPSA) is 20.3 Å². The zero-order valence-corrected chi connectivity index (χ0v) is 12.6. The maximum absolute atomic E-state index is 12.4. The average Bonchev–Trinajstić information content (AvgIpc) is 3.35. The zero-order valence-electron chi connectivity index (χ0n) is 12.6. The molecule has 0 bridgehead atoms. The summed E-state index contributed by atoms with van der Waals surface area (Å²) in [6, 6.07) is 10.8. The predicted molar refractivity (Wildman–Crippen MR) is 81.5 cm³/mol. The third kappa shape index (κ3) is 2.74. The van der Waals surface area contributed by atoms with Gasteiger partial charge in [0.05, 0.1) is 0 Å². The standard InChI is InChI=1S/C18H25NO/c1-3-11-19(17(20)15-9-10-15)13-18(2)12-16(18)14-7-5-4-6-8-14/h4-8,15-16H,3,9-13H2,1-2H3. The van der Waals surface area contributed by atoms with E-state index in [2.05, 4.69) is 49.1 Å². The third-order valence-corrected chi connectivity index (χ3v) is 4.84. The van der Waals surface area contributed by atoms with Gasteiger partial charge in [-0.1, -0.05) is 44.2 Å². The number of carbonyl (C=O) groups is 1. The van der Waals surface area contributed by atoms with E-state index >= 15 is 0 Å². The first kappa shape index (κ1) is 13.7. The van der Waals surface area contributed by atoms with Crippen molar-refractivity contribution < 1.29 is 4.79 Å². The molecule has 0 aromatic heterocycles. The molecule has 0 saturated heterocycles. The van der Waals surface area contributed by atoms with Crippen LogP contribution >= 0.6 is 0 Å². The van der Waals surface area contributed by atoms with Crippen LogP contribution in [0.3, 0.4) is 0 Å². The monoisotopic (exact) mass is 271 g/mol. The van der Waals surface area contributed by atoms with Gasteiger partial charge in [-0.05, 0) is 42.6 Å². The molecule has 2 heteroatoms. The molecule has 2 saturated carbocycles. The van der Waals surface area contributed by atoms with Gasteiger partial charge < -0.3 is 4.90 Å². The molecule has 1 amide bonds. The Balaban J connectivity index is 1.65. The van der Waals surface area contributed by atoms with Crippen LogP contribution in [-0.4, -0.2) is 23.9 Å². The third-order valence-electron chi connectivity index (χ3n) is 4.84. The van der Waals surface area contributed by atoms with E-state index in [-0.39, 0.29) is 0 Å². The summed E-state index contributed by atoms with van der Waals surface area (Å²) in [5, 5.41) is 0. The van der Waals surface area contributed by atoms with Crippen molar-refractivity contribution in [3.63, 3.8) is 0 Å². The summed E-state index contributed by atoms with van der Waals surface area (Å²) in [5.74, 6) is 1.39. The highest BCUT2D eigenvalue weighted by atomic mass is 16.2. The first-order chi connectivity index (χ1) is 9.64. The molecule has 3 rings (SSSR count). The molecule has 0 spiro atoms. The van der Waals surface area contributed by atoms with Crippen LogP contribution in [0.2, 0.25) is 0 Å². The minimum atomic E-state index is 0.293. The molecule has 2 nitrogen and oxygen atoms in total. The summed E-state index contributed by atoms with van der Waals surface area (Å²) in [6.07, 6.45) is 4.50. The van der Waals surface area contributed by atoms with E-state index in [0.29, 0.717) is 23.2 Å². The molecule has 108 valence electrons. The van der Waals surface area contributed by atoms with Crippen LogP contribution in [-0.2, 0) is 4.79 Å². The fourth-order valence-corrected chi connectivity index (χ4v) is 3.35. The lowest BCUT2D eigenvalue weighted by Crippen LogP contribution is -2.37. The summed E-state index contributed by atoms with van der Waals surface area (Å²) < 4.78 is 0. The van der Waals surface area contributed by atoms with E-state index in [1.54, 1.807) is 0 Å². The van der Waals surface area contributed by atoms with Crippen LogP contribution < -0.4 is 0 Å². The highest BCUT2D eigenvalue weighted by Crippen LogP contribution is 2.59. The molecule has 0 radical (unpaired) electrons. The zero-order chi connectivity index (χ0) is 14.2. The number of amides is 1. The van der Waals surface area contributed by atoms with Gasteiger partial charge in [0.1, 0.15) is 0 Å². The summed E-state index contributed by atoms with van der Waals surface area (Å²) in [6.45, 7) is 6.37. The first-order valence-electron chi connectivity index (χ1n) is 7.98. The molecule has 0 N–H and O–H groups in total. The number of nitrogens with zero attached hydrogens (tertiary/aromatic N) is 1. The van der Waals surface area contributed by atoms with Crippen LogP contribution in [0.25, 0.3) is 0 Å². The van der Waals surface area contributed by atoms with Gasteiger partial charge in [-0.2, -0.15) is 0 Å². The predicted octanol–water partition coefficient (Wildman–Crippen LogP) is 3.83. The molecule has 2 aliphatic carbocycles. The number of hydrogen-bond donors (Lipinski definition) is 0. The molecular formula is C18H25NO. The molecule has 2 aliphatic rings. The first-order valence-corrected chi connectivity index (χ1v) is 7.98. The van der Waals surface area contributed by atoms with E-state index in [1.165, 1.54) is 12.0 Å². The van der Waals surface area contributed by atoms with E-state index in [0.717, 1.165) is 32.4 Å². The fourth-order valence-electron chi connectivity index (χ4n) is 3.35. The summed E-state index contributed by atoms with van der Waals surface area (Å²) in [7, 11) is 0. The van der Waals surface area contributed by atoms with Crippen molar-refractivity contribution in [2.75, 3.05) is 13.1 Å². The normalized spacial score (nSPS) is 28.2. The Morgan fingerprint density at radius 3 is 2.60 bits per heavy atom. The van der Waals surface area contributed by atoms with E-state index in [4.69, 9.17) is 0 Å².